The molecular weight excluding hydrogens is 190 g/mol. The first kappa shape index (κ1) is 11.6. The van der Waals surface area contributed by atoms with Crippen LogP contribution in [0.2, 0.25) is 0 Å². The Balaban J connectivity index is 2.34. The molecule has 0 aliphatic heterocycles. The number of amides is 1. The highest BCUT2D eigenvalue weighted by molar-refractivity contribution is 5.66. The second kappa shape index (κ2) is 6.06. The summed E-state index contributed by atoms with van der Waals surface area (Å²) >= 11 is 0. The van der Waals surface area contributed by atoms with E-state index in [0.717, 1.165) is 12.8 Å². The second-order valence-corrected chi connectivity index (χ2v) is 3.34. The Morgan fingerprint density at radius 1 is 1.27 bits per heavy atom. The molecule has 3 nitrogen and oxygen atoms in total. The predicted octanol–water partition coefficient (Wildman–Crippen LogP) is 2.15. The van der Waals surface area contributed by atoms with Crippen molar-refractivity contribution in [3.63, 3.8) is 0 Å². The maximum Gasteiger partial charge on any atom is 0.406 e. The first-order chi connectivity index (χ1) is 7.26. The molecule has 0 saturated carbocycles. The zero-order chi connectivity index (χ0) is 11.1. The Morgan fingerprint density at radius 2 is 1.87 bits per heavy atom. The highest BCUT2D eigenvalue weighted by Crippen LogP contribution is 2.05. The third-order valence-corrected chi connectivity index (χ3v) is 2.30. The van der Waals surface area contributed by atoms with Crippen LogP contribution in [0.25, 0.3) is 0 Å². The van der Waals surface area contributed by atoms with Crippen molar-refractivity contribution in [2.24, 2.45) is 0 Å². The minimum absolute atomic E-state index is 0.375. The Bertz CT molecular complexity index is 306. The molecule has 1 rings (SSSR count). The lowest BCUT2D eigenvalue weighted by molar-refractivity contribution is 0.171. The van der Waals surface area contributed by atoms with Crippen molar-refractivity contribution in [1.82, 2.24) is 5.32 Å². The predicted molar refractivity (Wildman–Crippen MR) is 59.9 cm³/mol. The lowest BCUT2D eigenvalue weighted by atomic mass is 10.1. The lowest BCUT2D eigenvalue weighted by Gasteiger charge is -2.04. The van der Waals surface area contributed by atoms with Crippen LogP contribution in [0, 0.1) is 0 Å². The van der Waals surface area contributed by atoms with Gasteiger partial charge in [0, 0.05) is 6.54 Å². The third kappa shape index (κ3) is 4.02. The van der Waals surface area contributed by atoms with Crippen molar-refractivity contribution in [3.05, 3.63) is 35.4 Å². The second-order valence-electron chi connectivity index (χ2n) is 3.34. The molecule has 0 atom stereocenters. The Morgan fingerprint density at radius 3 is 2.40 bits per heavy atom. The number of hydrogen-bond acceptors (Lipinski definition) is 2. The zero-order valence-electron chi connectivity index (χ0n) is 9.25. The van der Waals surface area contributed by atoms with E-state index in [-0.39, 0.29) is 6.09 Å². The van der Waals surface area contributed by atoms with Gasteiger partial charge in [-0.15, -0.1) is 0 Å². The summed E-state index contributed by atoms with van der Waals surface area (Å²) in [6, 6.07) is 8.43. The minimum atomic E-state index is -0.375. The average molecular weight is 207 g/mol. The van der Waals surface area contributed by atoms with Gasteiger partial charge in [0.15, 0.2) is 0 Å². The fourth-order valence-corrected chi connectivity index (χ4v) is 1.32. The quantitative estimate of drug-likeness (QED) is 0.821. The number of ether oxygens (including phenoxy) is 1. The van der Waals surface area contributed by atoms with E-state index in [2.05, 4.69) is 41.2 Å². The van der Waals surface area contributed by atoms with Gasteiger partial charge < -0.3 is 10.1 Å². The molecule has 0 aliphatic rings. The molecule has 0 heterocycles. The molecule has 1 aromatic rings. The van der Waals surface area contributed by atoms with Gasteiger partial charge in [0.1, 0.15) is 0 Å². The topological polar surface area (TPSA) is 38.3 Å². The zero-order valence-corrected chi connectivity index (χ0v) is 9.25. The Kier molecular flexibility index (Phi) is 4.68. The highest BCUT2D eigenvalue weighted by Gasteiger charge is 1.98. The van der Waals surface area contributed by atoms with Crippen LogP contribution >= 0.6 is 0 Å². The summed E-state index contributed by atoms with van der Waals surface area (Å²) in [5, 5.41) is 2.65. The SMILES string of the molecule is CCc1ccc(CCNC(=O)OC)cc1. The van der Waals surface area contributed by atoms with Crippen LogP contribution in [0.4, 0.5) is 4.79 Å². The molecule has 0 aromatic heterocycles. The van der Waals surface area contributed by atoms with E-state index in [1.807, 2.05) is 0 Å². The van der Waals surface area contributed by atoms with Crippen molar-refractivity contribution >= 4 is 6.09 Å². The average Bonchev–Trinajstić information content (AvgIpc) is 2.29. The van der Waals surface area contributed by atoms with Crippen molar-refractivity contribution in [2.45, 2.75) is 19.8 Å². The summed E-state index contributed by atoms with van der Waals surface area (Å²) in [7, 11) is 1.37. The third-order valence-electron chi connectivity index (χ3n) is 2.30. The van der Waals surface area contributed by atoms with E-state index >= 15 is 0 Å². The van der Waals surface area contributed by atoms with Crippen LogP contribution in [-0.2, 0) is 17.6 Å². The first-order valence-corrected chi connectivity index (χ1v) is 5.16. The Hall–Kier alpha value is -1.51. The van der Waals surface area contributed by atoms with Gasteiger partial charge in [-0.1, -0.05) is 31.2 Å². The number of methoxy groups -OCH3 is 1. The maximum atomic E-state index is 10.8. The van der Waals surface area contributed by atoms with Gasteiger partial charge >= 0.3 is 6.09 Å². The van der Waals surface area contributed by atoms with Crippen LogP contribution in [0.15, 0.2) is 24.3 Å². The maximum absolute atomic E-state index is 10.8. The van der Waals surface area contributed by atoms with Gasteiger partial charge in [0.25, 0.3) is 0 Å². The molecule has 82 valence electrons. The molecule has 1 aromatic carbocycles. The molecule has 1 amide bonds. The van der Waals surface area contributed by atoms with Crippen molar-refractivity contribution < 1.29 is 9.53 Å². The van der Waals surface area contributed by atoms with E-state index in [4.69, 9.17) is 0 Å². The van der Waals surface area contributed by atoms with E-state index in [0.29, 0.717) is 6.54 Å². The van der Waals surface area contributed by atoms with Crippen LogP contribution in [0.5, 0.6) is 0 Å². The number of rotatable bonds is 4. The molecule has 0 aliphatic carbocycles. The molecule has 15 heavy (non-hydrogen) atoms. The largest absolute Gasteiger partial charge is 0.453 e. The van der Waals surface area contributed by atoms with E-state index in [1.54, 1.807) is 0 Å². The molecule has 0 bridgehead atoms. The highest BCUT2D eigenvalue weighted by atomic mass is 16.5. The lowest BCUT2D eigenvalue weighted by Crippen LogP contribution is -2.25. The van der Waals surface area contributed by atoms with Crippen LogP contribution in [-0.4, -0.2) is 19.7 Å². The molecule has 0 unspecified atom stereocenters. The number of hydrogen-bond donors (Lipinski definition) is 1. The van der Waals surface area contributed by atoms with Gasteiger partial charge in [0.2, 0.25) is 0 Å². The van der Waals surface area contributed by atoms with Gasteiger partial charge in [-0.3, -0.25) is 0 Å². The van der Waals surface area contributed by atoms with Crippen molar-refractivity contribution in [2.75, 3.05) is 13.7 Å². The summed E-state index contributed by atoms with van der Waals surface area (Å²) < 4.78 is 4.47. The van der Waals surface area contributed by atoms with Crippen molar-refractivity contribution in [1.29, 1.82) is 0 Å². The van der Waals surface area contributed by atoms with E-state index in [1.165, 1.54) is 18.2 Å². The molecule has 0 spiro atoms. The number of carbonyl (C=O) groups excluding carboxylic acids is 1. The number of carbonyl (C=O) groups is 1. The molecular formula is C12H17NO2. The fourth-order valence-electron chi connectivity index (χ4n) is 1.32. The monoisotopic (exact) mass is 207 g/mol. The normalized spacial score (nSPS) is 9.73. The van der Waals surface area contributed by atoms with Gasteiger partial charge in [0.05, 0.1) is 7.11 Å². The van der Waals surface area contributed by atoms with Gasteiger partial charge in [-0.05, 0) is 24.0 Å². The molecule has 0 radical (unpaired) electrons. The summed E-state index contributed by atoms with van der Waals surface area (Å²) in [5.41, 5.74) is 2.56. The number of benzene rings is 1. The van der Waals surface area contributed by atoms with Gasteiger partial charge in [-0.2, -0.15) is 0 Å². The number of aryl methyl sites for hydroxylation is 1. The van der Waals surface area contributed by atoms with Crippen LogP contribution in [0.1, 0.15) is 18.1 Å². The molecule has 1 N–H and O–H groups in total. The number of nitrogens with one attached hydrogen (secondary N) is 1. The molecule has 0 saturated heterocycles. The number of alkyl carbamates (subject to hydrolysis) is 1. The van der Waals surface area contributed by atoms with Gasteiger partial charge in [-0.25, -0.2) is 4.79 Å². The molecule has 0 fully saturated rings. The molecule has 3 heteroatoms. The Labute approximate surface area is 90.4 Å². The first-order valence-electron chi connectivity index (χ1n) is 5.16. The van der Waals surface area contributed by atoms with E-state index < -0.39 is 0 Å². The summed E-state index contributed by atoms with van der Waals surface area (Å²) in [5.74, 6) is 0. The summed E-state index contributed by atoms with van der Waals surface area (Å²) in [6.45, 7) is 2.74. The standard InChI is InChI=1S/C12H17NO2/c1-3-10-4-6-11(7-5-10)8-9-13-12(14)15-2/h4-7H,3,8-9H2,1-2H3,(H,13,14). The minimum Gasteiger partial charge on any atom is -0.453 e. The smallest absolute Gasteiger partial charge is 0.406 e. The van der Waals surface area contributed by atoms with Crippen LogP contribution < -0.4 is 5.32 Å². The van der Waals surface area contributed by atoms with E-state index in [9.17, 15) is 4.79 Å². The summed E-state index contributed by atoms with van der Waals surface area (Å²) in [4.78, 5) is 10.8. The fraction of sp³-hybridized carbons (Fsp3) is 0.417. The van der Waals surface area contributed by atoms with Crippen LogP contribution in [0.3, 0.4) is 0 Å². The summed E-state index contributed by atoms with van der Waals surface area (Å²) in [6.07, 6.45) is 1.51. The van der Waals surface area contributed by atoms with Crippen molar-refractivity contribution in [3.8, 4) is 0 Å².